The molecule has 0 atom stereocenters. The van der Waals surface area contributed by atoms with E-state index in [9.17, 15) is 20.0 Å². The second-order valence-electron chi connectivity index (χ2n) is 6.36. The van der Waals surface area contributed by atoms with Gasteiger partial charge >= 0.3 is 0 Å². The molecule has 2 aromatic carbocycles. The van der Waals surface area contributed by atoms with E-state index >= 15 is 0 Å². The van der Waals surface area contributed by atoms with Gasteiger partial charge in [-0.15, -0.1) is 10.2 Å². The second-order valence-corrected chi connectivity index (χ2v) is 6.36. The van der Waals surface area contributed by atoms with Gasteiger partial charge in [0.05, 0.1) is 17.2 Å². The number of phenols is 1. The fourth-order valence-corrected chi connectivity index (χ4v) is 2.91. The Hall–Kier alpha value is -4.54. The Balaban J connectivity index is 1.84. The number of aromatic hydroxyl groups is 1. The van der Waals surface area contributed by atoms with E-state index in [2.05, 4.69) is 20.3 Å². The van der Waals surface area contributed by atoms with Crippen LogP contribution < -0.4 is 10.3 Å². The van der Waals surface area contributed by atoms with Crippen LogP contribution in [0.5, 0.6) is 11.6 Å². The van der Waals surface area contributed by atoms with Gasteiger partial charge in [-0.1, -0.05) is 30.3 Å². The molecule has 11 nitrogen and oxygen atoms in total. The van der Waals surface area contributed by atoms with Crippen LogP contribution in [0.1, 0.15) is 6.92 Å². The van der Waals surface area contributed by atoms with Crippen LogP contribution in [0.15, 0.2) is 69.6 Å². The zero-order chi connectivity index (χ0) is 22.0. The Morgan fingerprint density at radius 2 is 1.97 bits per heavy atom. The smallest absolute Gasteiger partial charge is 0.282 e. The predicted octanol–water partition coefficient (Wildman–Crippen LogP) is 4.12. The van der Waals surface area contributed by atoms with Crippen LogP contribution in [0.2, 0.25) is 0 Å². The number of non-ortho nitro benzene ring substituents is 1. The standard InChI is InChI=1S/C20H16N6O5/c1-2-31-20-18(23-22-15-10-13(26(29)30)8-9-16(15)27)19(28)21-17-11-14(24-25(17)20)12-6-4-3-5-7-12/h3-11,27H,2H2,1H3,(H,21,28)/b23-22+. The Bertz CT molecular complexity index is 1360. The van der Waals surface area contributed by atoms with E-state index in [1.54, 1.807) is 13.0 Å². The van der Waals surface area contributed by atoms with Gasteiger partial charge in [0.1, 0.15) is 17.1 Å². The lowest BCUT2D eigenvalue weighted by Gasteiger charge is -2.07. The number of nitro benzene ring substituents is 1. The number of H-pyrrole nitrogens is 1. The lowest BCUT2D eigenvalue weighted by molar-refractivity contribution is -0.384. The molecule has 0 aliphatic carbocycles. The molecule has 31 heavy (non-hydrogen) atoms. The van der Waals surface area contributed by atoms with E-state index in [-0.39, 0.29) is 35.3 Å². The lowest BCUT2D eigenvalue weighted by atomic mass is 10.2. The van der Waals surface area contributed by atoms with Crippen molar-refractivity contribution in [2.75, 3.05) is 6.61 Å². The molecule has 0 amide bonds. The third-order valence-electron chi connectivity index (χ3n) is 4.34. The number of nitrogens with one attached hydrogen (secondary N) is 1. The highest BCUT2D eigenvalue weighted by molar-refractivity contribution is 5.66. The van der Waals surface area contributed by atoms with Gasteiger partial charge in [0.15, 0.2) is 0 Å². The normalized spacial score (nSPS) is 11.3. The zero-order valence-corrected chi connectivity index (χ0v) is 16.2. The minimum atomic E-state index is -0.627. The summed E-state index contributed by atoms with van der Waals surface area (Å²) >= 11 is 0. The first-order chi connectivity index (χ1) is 15.0. The number of hydrogen-bond donors (Lipinski definition) is 2. The fraction of sp³-hybridized carbons (Fsp3) is 0.100. The topological polar surface area (TPSA) is 147 Å². The molecule has 0 fully saturated rings. The first-order valence-corrected chi connectivity index (χ1v) is 9.21. The van der Waals surface area contributed by atoms with Crippen molar-refractivity contribution in [2.24, 2.45) is 10.2 Å². The molecule has 0 saturated carbocycles. The van der Waals surface area contributed by atoms with Crippen LogP contribution in [0.3, 0.4) is 0 Å². The maximum Gasteiger partial charge on any atom is 0.282 e. The highest BCUT2D eigenvalue weighted by Crippen LogP contribution is 2.33. The number of ether oxygens (including phenoxy) is 1. The van der Waals surface area contributed by atoms with Crippen molar-refractivity contribution in [3.63, 3.8) is 0 Å². The minimum Gasteiger partial charge on any atom is -0.506 e. The molecule has 0 aliphatic rings. The van der Waals surface area contributed by atoms with Crippen molar-refractivity contribution < 1.29 is 14.8 Å². The molecule has 11 heteroatoms. The first kappa shape index (κ1) is 19.8. The Morgan fingerprint density at radius 1 is 1.19 bits per heavy atom. The molecule has 0 bridgehead atoms. The van der Waals surface area contributed by atoms with E-state index in [1.807, 2.05) is 30.3 Å². The van der Waals surface area contributed by atoms with Gasteiger partial charge in [0, 0.05) is 23.8 Å². The molecule has 0 unspecified atom stereocenters. The number of benzene rings is 2. The van der Waals surface area contributed by atoms with E-state index in [0.29, 0.717) is 11.3 Å². The van der Waals surface area contributed by atoms with Crippen LogP contribution >= 0.6 is 0 Å². The maximum atomic E-state index is 12.7. The summed E-state index contributed by atoms with van der Waals surface area (Å²) in [5.74, 6) is -0.271. The summed E-state index contributed by atoms with van der Waals surface area (Å²) in [5.41, 5.74) is 0.626. The minimum absolute atomic E-state index is 0.0529. The zero-order valence-electron chi connectivity index (χ0n) is 16.2. The van der Waals surface area contributed by atoms with Gasteiger partial charge in [-0.25, -0.2) is 0 Å². The molecule has 4 aromatic rings. The van der Waals surface area contributed by atoms with Gasteiger partial charge < -0.3 is 14.8 Å². The summed E-state index contributed by atoms with van der Waals surface area (Å²) in [6.45, 7) is 1.96. The third kappa shape index (κ3) is 3.83. The molecular formula is C20H16N6O5. The van der Waals surface area contributed by atoms with Crippen molar-refractivity contribution in [3.8, 4) is 22.9 Å². The molecule has 2 N–H and O–H groups in total. The number of hydrogen-bond acceptors (Lipinski definition) is 8. The average molecular weight is 420 g/mol. The summed E-state index contributed by atoms with van der Waals surface area (Å²) < 4.78 is 7.01. The summed E-state index contributed by atoms with van der Waals surface area (Å²) in [7, 11) is 0. The molecule has 0 radical (unpaired) electrons. The van der Waals surface area contributed by atoms with Crippen molar-refractivity contribution in [3.05, 3.63) is 75.1 Å². The van der Waals surface area contributed by atoms with Crippen LogP contribution in [-0.4, -0.2) is 31.2 Å². The van der Waals surface area contributed by atoms with Crippen molar-refractivity contribution in [1.82, 2.24) is 14.6 Å². The van der Waals surface area contributed by atoms with Gasteiger partial charge in [-0.05, 0) is 13.0 Å². The number of aromatic nitrogens is 3. The Kier molecular flexibility index (Phi) is 5.14. The molecule has 2 heterocycles. The molecule has 2 aromatic heterocycles. The summed E-state index contributed by atoms with van der Waals surface area (Å²) in [4.78, 5) is 25.7. The number of nitrogens with zero attached hydrogens (tertiary/aromatic N) is 5. The monoisotopic (exact) mass is 420 g/mol. The lowest BCUT2D eigenvalue weighted by Crippen LogP contribution is -2.12. The largest absolute Gasteiger partial charge is 0.506 e. The number of nitro groups is 1. The number of azo groups is 1. The molecule has 4 rings (SSSR count). The van der Waals surface area contributed by atoms with Crippen LogP contribution in [-0.2, 0) is 0 Å². The Morgan fingerprint density at radius 3 is 2.68 bits per heavy atom. The molecule has 0 aliphatic heterocycles. The van der Waals surface area contributed by atoms with Crippen LogP contribution in [0, 0.1) is 10.1 Å². The molecular weight excluding hydrogens is 404 g/mol. The summed E-state index contributed by atoms with van der Waals surface area (Å²) in [6, 6.07) is 14.4. The second kappa shape index (κ2) is 8.06. The Labute approximate surface area is 174 Å². The van der Waals surface area contributed by atoms with Gasteiger partial charge in [0.2, 0.25) is 5.69 Å². The third-order valence-corrected chi connectivity index (χ3v) is 4.34. The van der Waals surface area contributed by atoms with Crippen LogP contribution in [0.25, 0.3) is 16.9 Å². The highest BCUT2D eigenvalue weighted by atomic mass is 16.6. The van der Waals surface area contributed by atoms with Crippen molar-refractivity contribution in [1.29, 1.82) is 0 Å². The average Bonchev–Trinajstić information content (AvgIpc) is 3.18. The predicted molar refractivity (Wildman–Crippen MR) is 111 cm³/mol. The van der Waals surface area contributed by atoms with E-state index in [4.69, 9.17) is 4.74 Å². The number of phenolic OH excluding ortho intramolecular Hbond substituents is 1. The quantitative estimate of drug-likeness (QED) is 0.272. The van der Waals surface area contributed by atoms with Gasteiger partial charge in [-0.3, -0.25) is 14.9 Å². The summed E-state index contributed by atoms with van der Waals surface area (Å²) in [6.07, 6.45) is 0. The maximum absolute atomic E-state index is 12.7. The number of rotatable bonds is 6. The van der Waals surface area contributed by atoms with E-state index in [0.717, 1.165) is 23.8 Å². The summed E-state index contributed by atoms with van der Waals surface area (Å²) in [5, 5.41) is 33.1. The van der Waals surface area contributed by atoms with Gasteiger partial charge in [0.25, 0.3) is 17.1 Å². The number of aromatic amines is 1. The first-order valence-electron chi connectivity index (χ1n) is 9.21. The molecule has 0 saturated heterocycles. The fourth-order valence-electron chi connectivity index (χ4n) is 2.91. The van der Waals surface area contributed by atoms with Crippen molar-refractivity contribution in [2.45, 2.75) is 6.92 Å². The van der Waals surface area contributed by atoms with E-state index < -0.39 is 10.5 Å². The van der Waals surface area contributed by atoms with E-state index in [1.165, 1.54) is 4.52 Å². The highest BCUT2D eigenvalue weighted by Gasteiger charge is 2.18. The van der Waals surface area contributed by atoms with Gasteiger partial charge in [-0.2, -0.15) is 9.61 Å². The molecule has 156 valence electrons. The molecule has 0 spiro atoms. The van der Waals surface area contributed by atoms with Crippen LogP contribution in [0.4, 0.5) is 17.1 Å². The number of fused-ring (bicyclic) bond motifs is 1. The SMILES string of the molecule is CCOc1c(/N=N/c2cc([N+](=O)[O-])ccc2O)c(=O)[nH]c2cc(-c3ccccc3)nn12. The van der Waals surface area contributed by atoms with Crippen molar-refractivity contribution >= 4 is 22.7 Å².